The molecular weight excluding hydrogens is 358 g/mol. The highest BCUT2D eigenvalue weighted by molar-refractivity contribution is 6.11. The minimum absolute atomic E-state index is 0.149. The summed E-state index contributed by atoms with van der Waals surface area (Å²) in [6, 6.07) is 18.6. The summed E-state index contributed by atoms with van der Waals surface area (Å²) in [6.45, 7) is 0.431. The van der Waals surface area contributed by atoms with Crippen LogP contribution in [0.2, 0.25) is 0 Å². The molecule has 4 rings (SSSR count). The van der Waals surface area contributed by atoms with E-state index in [0.717, 1.165) is 11.1 Å². The third-order valence-electron chi connectivity index (χ3n) is 4.08. The molecule has 0 unspecified atom stereocenters. The molecule has 0 amide bonds. The van der Waals surface area contributed by atoms with Crippen LogP contribution in [0.3, 0.4) is 0 Å². The lowest BCUT2D eigenvalue weighted by atomic mass is 10.1. The van der Waals surface area contributed by atoms with E-state index in [2.05, 4.69) is 4.99 Å². The first-order valence-corrected chi connectivity index (χ1v) is 8.64. The second kappa shape index (κ2) is 7.84. The molecule has 0 fully saturated rings. The molecule has 0 radical (unpaired) electrons. The van der Waals surface area contributed by atoms with Crippen LogP contribution in [0.25, 0.3) is 6.08 Å². The van der Waals surface area contributed by atoms with E-state index in [1.807, 2.05) is 36.4 Å². The number of benzene rings is 2. The monoisotopic (exact) mass is 375 g/mol. The Balaban J connectivity index is 1.54. The number of hydrogen-bond donors (Lipinski definition) is 0. The van der Waals surface area contributed by atoms with Crippen molar-refractivity contribution in [2.45, 2.75) is 6.61 Å². The van der Waals surface area contributed by atoms with Gasteiger partial charge in [0, 0.05) is 0 Å². The van der Waals surface area contributed by atoms with Crippen LogP contribution in [0.5, 0.6) is 11.5 Å². The van der Waals surface area contributed by atoms with Crippen molar-refractivity contribution in [1.82, 2.24) is 0 Å². The summed E-state index contributed by atoms with van der Waals surface area (Å²) >= 11 is 0. The Bertz CT molecular complexity index is 1040. The number of ether oxygens (including phenoxy) is 3. The minimum Gasteiger partial charge on any atom is -0.493 e. The predicted molar refractivity (Wildman–Crippen MR) is 103 cm³/mol. The number of esters is 1. The number of cyclic esters (lactones) is 1. The molecule has 2 heterocycles. The second-order valence-corrected chi connectivity index (χ2v) is 6.00. The second-order valence-electron chi connectivity index (χ2n) is 6.00. The zero-order valence-corrected chi connectivity index (χ0v) is 15.1. The molecule has 1 aromatic heterocycles. The van der Waals surface area contributed by atoms with Crippen LogP contribution in [0.4, 0.5) is 0 Å². The van der Waals surface area contributed by atoms with Crippen LogP contribution in [0, 0.1) is 0 Å². The molecule has 6 heteroatoms. The van der Waals surface area contributed by atoms with Crippen LogP contribution in [0.15, 0.2) is 82.0 Å². The molecule has 0 N–H and O–H groups in total. The Labute approximate surface area is 161 Å². The summed E-state index contributed by atoms with van der Waals surface area (Å²) in [5.74, 6) is 1.19. The van der Waals surface area contributed by atoms with Gasteiger partial charge in [-0.05, 0) is 41.5 Å². The van der Waals surface area contributed by atoms with Crippen molar-refractivity contribution in [2.24, 2.45) is 4.99 Å². The Morgan fingerprint density at radius 2 is 1.89 bits per heavy atom. The van der Waals surface area contributed by atoms with Crippen molar-refractivity contribution in [3.63, 3.8) is 0 Å². The molecule has 28 heavy (non-hydrogen) atoms. The molecule has 0 aliphatic carbocycles. The van der Waals surface area contributed by atoms with Gasteiger partial charge < -0.3 is 18.6 Å². The molecule has 1 aliphatic heterocycles. The van der Waals surface area contributed by atoms with E-state index in [9.17, 15) is 4.79 Å². The van der Waals surface area contributed by atoms with Gasteiger partial charge in [0.15, 0.2) is 23.0 Å². The van der Waals surface area contributed by atoms with E-state index in [1.165, 1.54) is 6.26 Å². The van der Waals surface area contributed by atoms with Gasteiger partial charge in [0.25, 0.3) is 5.90 Å². The lowest BCUT2D eigenvalue weighted by Gasteiger charge is -2.11. The van der Waals surface area contributed by atoms with Crippen LogP contribution in [0.1, 0.15) is 16.9 Å². The highest BCUT2D eigenvalue weighted by Crippen LogP contribution is 2.30. The molecule has 0 atom stereocenters. The standard InChI is InChI=1S/C22H17NO5/c1-25-20-13-16(9-10-18(20)27-14-15-6-3-2-4-7-15)12-17-22(24)28-21(23-17)19-8-5-11-26-19/h2-13H,14H2,1H3/b17-12+. The number of aliphatic imine (C=N–C) groups is 1. The van der Waals surface area contributed by atoms with Gasteiger partial charge in [0.05, 0.1) is 13.4 Å². The SMILES string of the molecule is COc1cc(/C=C2/N=C(c3ccco3)OC2=O)ccc1OCc1ccccc1. The summed E-state index contributed by atoms with van der Waals surface area (Å²) in [5.41, 5.74) is 1.98. The van der Waals surface area contributed by atoms with Crippen LogP contribution in [-0.2, 0) is 16.1 Å². The Kier molecular flexibility index (Phi) is 4.93. The largest absolute Gasteiger partial charge is 0.493 e. The van der Waals surface area contributed by atoms with Crippen LogP contribution in [-0.4, -0.2) is 19.0 Å². The van der Waals surface area contributed by atoms with E-state index in [0.29, 0.717) is 23.9 Å². The first-order chi connectivity index (χ1) is 13.7. The number of nitrogens with zero attached hydrogens (tertiary/aromatic N) is 1. The zero-order valence-electron chi connectivity index (χ0n) is 15.1. The Morgan fingerprint density at radius 1 is 1.04 bits per heavy atom. The molecule has 0 saturated heterocycles. The van der Waals surface area contributed by atoms with Gasteiger partial charge in [-0.3, -0.25) is 0 Å². The maximum atomic E-state index is 12.1. The van der Waals surface area contributed by atoms with Gasteiger partial charge in [-0.15, -0.1) is 0 Å². The number of furan rings is 1. The molecular formula is C22H17NO5. The Hall–Kier alpha value is -3.80. The van der Waals surface area contributed by atoms with Gasteiger partial charge in [0.1, 0.15) is 6.61 Å². The maximum Gasteiger partial charge on any atom is 0.363 e. The smallest absolute Gasteiger partial charge is 0.363 e. The molecule has 1 aliphatic rings. The minimum atomic E-state index is -0.533. The molecule has 140 valence electrons. The molecule has 0 saturated carbocycles. The first kappa shape index (κ1) is 17.6. The predicted octanol–water partition coefficient (Wildman–Crippen LogP) is 4.21. The fourth-order valence-electron chi connectivity index (χ4n) is 2.70. The van der Waals surface area contributed by atoms with Gasteiger partial charge in [-0.25, -0.2) is 9.79 Å². The van der Waals surface area contributed by atoms with E-state index >= 15 is 0 Å². The molecule has 3 aromatic rings. The third kappa shape index (κ3) is 3.81. The zero-order chi connectivity index (χ0) is 19.3. The fourth-order valence-corrected chi connectivity index (χ4v) is 2.70. The van der Waals surface area contributed by atoms with Crippen molar-refractivity contribution in [2.75, 3.05) is 7.11 Å². The molecule has 0 bridgehead atoms. The number of carbonyl (C=O) groups is 1. The van der Waals surface area contributed by atoms with Gasteiger partial charge in [0.2, 0.25) is 0 Å². The first-order valence-electron chi connectivity index (χ1n) is 8.64. The number of hydrogen-bond acceptors (Lipinski definition) is 6. The lowest BCUT2D eigenvalue weighted by molar-refractivity contribution is -0.130. The normalized spacial score (nSPS) is 14.7. The summed E-state index contributed by atoms with van der Waals surface area (Å²) in [7, 11) is 1.57. The molecule has 6 nitrogen and oxygen atoms in total. The summed E-state index contributed by atoms with van der Waals surface area (Å²) in [6.07, 6.45) is 3.12. The number of methoxy groups -OCH3 is 1. The van der Waals surface area contributed by atoms with Gasteiger partial charge in [-0.1, -0.05) is 36.4 Å². The fraction of sp³-hybridized carbons (Fsp3) is 0.0909. The van der Waals surface area contributed by atoms with Crippen molar-refractivity contribution >= 4 is 17.9 Å². The van der Waals surface area contributed by atoms with Gasteiger partial charge >= 0.3 is 5.97 Å². The van der Waals surface area contributed by atoms with E-state index in [1.54, 1.807) is 37.5 Å². The third-order valence-corrected chi connectivity index (χ3v) is 4.08. The Morgan fingerprint density at radius 3 is 2.64 bits per heavy atom. The summed E-state index contributed by atoms with van der Waals surface area (Å²) < 4.78 is 21.6. The highest BCUT2D eigenvalue weighted by Gasteiger charge is 2.25. The quantitative estimate of drug-likeness (QED) is 0.477. The molecule has 2 aromatic carbocycles. The van der Waals surface area contributed by atoms with Crippen molar-refractivity contribution < 1.29 is 23.4 Å². The lowest BCUT2D eigenvalue weighted by Crippen LogP contribution is -2.04. The molecule has 0 spiro atoms. The topological polar surface area (TPSA) is 70.3 Å². The maximum absolute atomic E-state index is 12.1. The van der Waals surface area contributed by atoms with Crippen molar-refractivity contribution in [3.8, 4) is 11.5 Å². The average molecular weight is 375 g/mol. The van der Waals surface area contributed by atoms with Crippen LogP contribution >= 0.6 is 0 Å². The van der Waals surface area contributed by atoms with E-state index < -0.39 is 5.97 Å². The van der Waals surface area contributed by atoms with Crippen molar-refractivity contribution in [3.05, 3.63) is 89.5 Å². The van der Waals surface area contributed by atoms with Gasteiger partial charge in [-0.2, -0.15) is 0 Å². The van der Waals surface area contributed by atoms with Crippen LogP contribution < -0.4 is 9.47 Å². The van der Waals surface area contributed by atoms with E-state index in [-0.39, 0.29) is 11.6 Å². The highest BCUT2D eigenvalue weighted by atomic mass is 16.6. The van der Waals surface area contributed by atoms with Crippen molar-refractivity contribution in [1.29, 1.82) is 0 Å². The summed E-state index contributed by atoms with van der Waals surface area (Å²) in [4.78, 5) is 16.3. The van der Waals surface area contributed by atoms with E-state index in [4.69, 9.17) is 18.6 Å². The number of carbonyl (C=O) groups excluding carboxylic acids is 1. The average Bonchev–Trinajstić information content (AvgIpc) is 3.38. The number of rotatable bonds is 6. The summed E-state index contributed by atoms with van der Waals surface area (Å²) in [5, 5.41) is 0.